The lowest BCUT2D eigenvalue weighted by atomic mass is 9.84. The Hall–Kier alpha value is -1.35. The van der Waals surface area contributed by atoms with Crippen molar-refractivity contribution in [3.05, 3.63) is 18.0 Å². The van der Waals surface area contributed by atoms with E-state index in [1.165, 1.54) is 0 Å². The molecule has 1 fully saturated rings. The molecule has 1 saturated heterocycles. The van der Waals surface area contributed by atoms with Crippen LogP contribution in [0, 0.1) is 16.7 Å². The van der Waals surface area contributed by atoms with Gasteiger partial charge < -0.3 is 0 Å². The molecule has 0 saturated carbocycles. The van der Waals surface area contributed by atoms with Gasteiger partial charge in [0, 0.05) is 13.2 Å². The molecule has 1 aliphatic rings. The summed E-state index contributed by atoms with van der Waals surface area (Å²) in [5, 5.41) is 13.2. The Morgan fingerprint density at radius 2 is 2.44 bits per heavy atom. The topological polar surface area (TPSA) is 75.8 Å². The van der Waals surface area contributed by atoms with Gasteiger partial charge in [-0.05, 0) is 18.4 Å². The molecule has 0 aliphatic carbocycles. The first-order chi connectivity index (χ1) is 7.45. The van der Waals surface area contributed by atoms with Gasteiger partial charge in [0.15, 0.2) is 9.84 Å². The molecule has 1 aliphatic heterocycles. The highest BCUT2D eigenvalue weighted by Gasteiger charge is 2.42. The summed E-state index contributed by atoms with van der Waals surface area (Å²) in [5.41, 5.74) is 0.170. The van der Waals surface area contributed by atoms with E-state index in [2.05, 4.69) is 11.2 Å². The number of rotatable bonds is 2. The van der Waals surface area contributed by atoms with Gasteiger partial charge in [0.25, 0.3) is 0 Å². The summed E-state index contributed by atoms with van der Waals surface area (Å²) in [6.45, 7) is 0. The van der Waals surface area contributed by atoms with Crippen molar-refractivity contribution in [1.82, 2.24) is 9.78 Å². The summed E-state index contributed by atoms with van der Waals surface area (Å²) >= 11 is 0. The Labute approximate surface area is 94.6 Å². The van der Waals surface area contributed by atoms with E-state index in [0.29, 0.717) is 12.8 Å². The van der Waals surface area contributed by atoms with Crippen LogP contribution in [0.25, 0.3) is 0 Å². The maximum absolute atomic E-state index is 11.4. The fourth-order valence-corrected chi connectivity index (χ4v) is 4.14. The van der Waals surface area contributed by atoms with E-state index in [9.17, 15) is 13.7 Å². The third-order valence-corrected chi connectivity index (χ3v) is 4.74. The lowest BCUT2D eigenvalue weighted by Crippen LogP contribution is -2.23. The molecule has 2 heterocycles. The van der Waals surface area contributed by atoms with Crippen LogP contribution in [0.5, 0.6) is 0 Å². The summed E-state index contributed by atoms with van der Waals surface area (Å²) in [4.78, 5) is 0. The van der Waals surface area contributed by atoms with Gasteiger partial charge in [-0.2, -0.15) is 10.4 Å². The number of aryl methyl sites for hydroxylation is 1. The van der Waals surface area contributed by atoms with Crippen molar-refractivity contribution in [1.29, 1.82) is 5.26 Å². The molecule has 1 atom stereocenters. The fraction of sp³-hybridized carbons (Fsp3) is 0.600. The highest BCUT2D eigenvalue weighted by Crippen LogP contribution is 2.34. The van der Waals surface area contributed by atoms with Crippen molar-refractivity contribution < 1.29 is 8.42 Å². The SMILES string of the molecule is Cn1cc(CC2(C#N)CCS(=O)(=O)C2)cn1. The van der Waals surface area contributed by atoms with Crippen LogP contribution in [0.15, 0.2) is 12.4 Å². The van der Waals surface area contributed by atoms with E-state index < -0.39 is 15.3 Å². The summed E-state index contributed by atoms with van der Waals surface area (Å²) in [6.07, 6.45) is 4.41. The van der Waals surface area contributed by atoms with Gasteiger partial charge in [0.05, 0.1) is 29.2 Å². The number of aromatic nitrogens is 2. The van der Waals surface area contributed by atoms with Crippen molar-refractivity contribution in [2.45, 2.75) is 12.8 Å². The molecule has 16 heavy (non-hydrogen) atoms. The molecule has 0 radical (unpaired) electrons. The van der Waals surface area contributed by atoms with Crippen LogP contribution < -0.4 is 0 Å². The quantitative estimate of drug-likeness (QED) is 0.743. The minimum Gasteiger partial charge on any atom is -0.276 e. The summed E-state index contributed by atoms with van der Waals surface area (Å²) < 4.78 is 24.5. The highest BCUT2D eigenvalue weighted by molar-refractivity contribution is 7.91. The number of nitrogens with zero attached hydrogens (tertiary/aromatic N) is 3. The van der Waals surface area contributed by atoms with Crippen LogP contribution in [0.4, 0.5) is 0 Å². The van der Waals surface area contributed by atoms with Crippen LogP contribution >= 0.6 is 0 Å². The molecule has 0 aromatic carbocycles. The molecule has 0 N–H and O–H groups in total. The van der Waals surface area contributed by atoms with Crippen LogP contribution in [-0.4, -0.2) is 29.7 Å². The van der Waals surface area contributed by atoms with E-state index in [-0.39, 0.29) is 11.5 Å². The lowest BCUT2D eigenvalue weighted by molar-refractivity contribution is 0.451. The molecule has 1 unspecified atom stereocenters. The monoisotopic (exact) mass is 239 g/mol. The Morgan fingerprint density at radius 1 is 1.69 bits per heavy atom. The average Bonchev–Trinajstić information content (AvgIpc) is 2.72. The third-order valence-electron chi connectivity index (χ3n) is 2.93. The van der Waals surface area contributed by atoms with Crippen molar-refractivity contribution >= 4 is 9.84 Å². The predicted molar refractivity (Wildman–Crippen MR) is 58.2 cm³/mol. The molecule has 5 nitrogen and oxygen atoms in total. The van der Waals surface area contributed by atoms with Gasteiger partial charge in [-0.15, -0.1) is 0 Å². The number of hydrogen-bond acceptors (Lipinski definition) is 4. The Balaban J connectivity index is 2.22. The first kappa shape index (κ1) is 11.1. The Kier molecular flexibility index (Phi) is 2.50. The van der Waals surface area contributed by atoms with E-state index in [1.807, 2.05) is 6.20 Å². The average molecular weight is 239 g/mol. The molecule has 0 bridgehead atoms. The molecule has 86 valence electrons. The van der Waals surface area contributed by atoms with Gasteiger partial charge in [-0.3, -0.25) is 4.68 Å². The summed E-state index contributed by atoms with van der Waals surface area (Å²) in [5.74, 6) is 0.103. The largest absolute Gasteiger partial charge is 0.276 e. The van der Waals surface area contributed by atoms with Crippen molar-refractivity contribution in [2.24, 2.45) is 12.5 Å². The van der Waals surface area contributed by atoms with Crippen LogP contribution in [-0.2, 0) is 23.3 Å². The first-order valence-corrected chi connectivity index (χ1v) is 6.86. The lowest BCUT2D eigenvalue weighted by Gasteiger charge is -2.16. The van der Waals surface area contributed by atoms with E-state index in [4.69, 9.17) is 0 Å². The molecule has 0 spiro atoms. The van der Waals surface area contributed by atoms with Gasteiger partial charge in [0.1, 0.15) is 0 Å². The molecule has 2 rings (SSSR count). The Morgan fingerprint density at radius 3 is 2.88 bits per heavy atom. The molecule has 1 aromatic heterocycles. The third kappa shape index (κ3) is 2.09. The van der Waals surface area contributed by atoms with Crippen molar-refractivity contribution in [2.75, 3.05) is 11.5 Å². The molecular weight excluding hydrogens is 226 g/mol. The standard InChI is InChI=1S/C10H13N3O2S/c1-13-6-9(5-12-13)4-10(7-11)2-3-16(14,15)8-10/h5-6H,2-4,8H2,1H3. The van der Waals surface area contributed by atoms with Crippen molar-refractivity contribution in [3.8, 4) is 6.07 Å². The van der Waals surface area contributed by atoms with Crippen LogP contribution in [0.1, 0.15) is 12.0 Å². The second-order valence-corrected chi connectivity index (χ2v) is 6.62. The molecular formula is C10H13N3O2S. The van der Waals surface area contributed by atoms with Gasteiger partial charge in [-0.25, -0.2) is 8.42 Å². The zero-order chi connectivity index (χ0) is 11.8. The zero-order valence-corrected chi connectivity index (χ0v) is 9.87. The number of sulfone groups is 1. The summed E-state index contributed by atoms with van der Waals surface area (Å²) in [7, 11) is -1.23. The molecule has 1 aromatic rings. The highest BCUT2D eigenvalue weighted by atomic mass is 32.2. The van der Waals surface area contributed by atoms with Gasteiger partial charge in [-0.1, -0.05) is 0 Å². The molecule has 0 amide bonds. The smallest absolute Gasteiger partial charge is 0.151 e. The normalized spacial score (nSPS) is 27.8. The summed E-state index contributed by atoms with van der Waals surface area (Å²) in [6, 6.07) is 2.17. The minimum atomic E-state index is -3.03. The number of hydrogen-bond donors (Lipinski definition) is 0. The maximum Gasteiger partial charge on any atom is 0.151 e. The minimum absolute atomic E-state index is 0.0224. The second kappa shape index (κ2) is 3.59. The fourth-order valence-electron chi connectivity index (χ4n) is 2.14. The van der Waals surface area contributed by atoms with E-state index in [0.717, 1.165) is 5.56 Å². The zero-order valence-electron chi connectivity index (χ0n) is 9.05. The first-order valence-electron chi connectivity index (χ1n) is 5.04. The van der Waals surface area contributed by atoms with Crippen LogP contribution in [0.2, 0.25) is 0 Å². The second-order valence-electron chi connectivity index (χ2n) is 4.43. The van der Waals surface area contributed by atoms with E-state index in [1.54, 1.807) is 17.9 Å². The van der Waals surface area contributed by atoms with Crippen LogP contribution in [0.3, 0.4) is 0 Å². The Bertz CT molecular complexity index is 541. The van der Waals surface area contributed by atoms with Crippen molar-refractivity contribution in [3.63, 3.8) is 0 Å². The number of nitriles is 1. The van der Waals surface area contributed by atoms with Gasteiger partial charge >= 0.3 is 0 Å². The maximum atomic E-state index is 11.4. The predicted octanol–water partition coefficient (Wildman–Crippen LogP) is 0.291. The van der Waals surface area contributed by atoms with E-state index >= 15 is 0 Å². The molecule has 6 heteroatoms. The van der Waals surface area contributed by atoms with Gasteiger partial charge in [0.2, 0.25) is 0 Å².